The van der Waals surface area contributed by atoms with Gasteiger partial charge in [-0.25, -0.2) is 17.1 Å². The third-order valence-electron chi connectivity index (χ3n) is 5.37. The minimum absolute atomic E-state index is 0.00483. The van der Waals surface area contributed by atoms with E-state index in [0.29, 0.717) is 24.2 Å². The molecule has 1 fully saturated rings. The first-order valence-corrected chi connectivity index (χ1v) is 11.4. The number of hydrogen-bond acceptors (Lipinski definition) is 4. The summed E-state index contributed by atoms with van der Waals surface area (Å²) in [5.41, 5.74) is 0.0306. The molecule has 0 radical (unpaired) electrons. The highest BCUT2D eigenvalue weighted by molar-refractivity contribution is 9.10. The predicted molar refractivity (Wildman–Crippen MR) is 106 cm³/mol. The Morgan fingerprint density at radius 2 is 1.86 bits per heavy atom. The number of ketones is 1. The van der Waals surface area contributed by atoms with Gasteiger partial charge in [0, 0.05) is 36.0 Å². The minimum Gasteiger partial charge on any atom is -0.486 e. The molecule has 0 amide bonds. The van der Waals surface area contributed by atoms with Gasteiger partial charge in [0.05, 0.1) is 17.7 Å². The van der Waals surface area contributed by atoms with E-state index in [1.807, 2.05) is 6.07 Å². The molecule has 4 rings (SSSR count). The van der Waals surface area contributed by atoms with Gasteiger partial charge in [0.25, 0.3) is 0 Å². The molecule has 1 spiro atoms. The van der Waals surface area contributed by atoms with E-state index in [0.717, 1.165) is 4.47 Å². The molecular weight excluding hydrogens is 449 g/mol. The maximum atomic E-state index is 13.8. The van der Waals surface area contributed by atoms with Crippen molar-refractivity contribution in [1.29, 1.82) is 0 Å². The van der Waals surface area contributed by atoms with Crippen molar-refractivity contribution in [2.75, 3.05) is 13.1 Å². The fourth-order valence-electron chi connectivity index (χ4n) is 3.82. The number of nitrogens with zero attached hydrogens (tertiary/aromatic N) is 1. The number of sulfonamides is 1. The van der Waals surface area contributed by atoms with Gasteiger partial charge in [-0.05, 0) is 24.3 Å². The zero-order chi connectivity index (χ0) is 19.9. The number of rotatable bonds is 3. The van der Waals surface area contributed by atoms with Gasteiger partial charge >= 0.3 is 0 Å². The van der Waals surface area contributed by atoms with Gasteiger partial charge < -0.3 is 4.74 Å². The summed E-state index contributed by atoms with van der Waals surface area (Å²) in [4.78, 5) is 12.6. The number of piperidine rings is 1. The number of halogens is 2. The number of carbonyl (C=O) groups excluding carboxylic acids is 1. The molecule has 2 heterocycles. The quantitative estimate of drug-likeness (QED) is 0.685. The molecule has 0 N–H and O–H groups in total. The van der Waals surface area contributed by atoms with Crippen LogP contribution in [-0.4, -0.2) is 37.2 Å². The van der Waals surface area contributed by atoms with E-state index in [2.05, 4.69) is 15.9 Å². The molecule has 0 saturated carbocycles. The molecule has 5 nitrogen and oxygen atoms in total. The van der Waals surface area contributed by atoms with Crippen molar-refractivity contribution >= 4 is 31.7 Å². The van der Waals surface area contributed by atoms with Crippen LogP contribution in [0.1, 0.15) is 35.2 Å². The highest BCUT2D eigenvalue weighted by atomic mass is 79.9. The number of carbonyl (C=O) groups is 1. The molecule has 1 saturated heterocycles. The number of Topliss-reactive ketones (excluding diaryl/α,β-unsaturated/α-hetero) is 1. The third-order valence-corrected chi connectivity index (χ3v) is 7.69. The molecule has 0 unspecified atom stereocenters. The van der Waals surface area contributed by atoms with Gasteiger partial charge in [0.1, 0.15) is 17.2 Å². The van der Waals surface area contributed by atoms with E-state index in [1.54, 1.807) is 18.2 Å². The number of ether oxygens (including phenoxy) is 1. The summed E-state index contributed by atoms with van der Waals surface area (Å²) in [7, 11) is -3.65. The molecule has 28 heavy (non-hydrogen) atoms. The summed E-state index contributed by atoms with van der Waals surface area (Å²) in [5.74, 6) is -0.348. The summed E-state index contributed by atoms with van der Waals surface area (Å²) in [6, 6.07) is 11.2. The minimum atomic E-state index is -3.65. The summed E-state index contributed by atoms with van der Waals surface area (Å²) in [5, 5.41) is 0. The zero-order valence-corrected chi connectivity index (χ0v) is 17.4. The monoisotopic (exact) mass is 467 g/mol. The SMILES string of the molecule is O=C1CC2(CCN(S(=O)(=O)Cc3ccccc3F)CC2)Oc2ccc(Br)cc21. The molecule has 148 valence electrons. The largest absolute Gasteiger partial charge is 0.486 e. The van der Waals surface area contributed by atoms with Crippen LogP contribution in [0.15, 0.2) is 46.9 Å². The Morgan fingerprint density at radius 3 is 2.57 bits per heavy atom. The summed E-state index contributed by atoms with van der Waals surface area (Å²) < 4.78 is 47.6. The van der Waals surface area contributed by atoms with Crippen molar-refractivity contribution in [3.8, 4) is 5.75 Å². The Morgan fingerprint density at radius 1 is 1.14 bits per heavy atom. The van der Waals surface area contributed by atoms with Crippen molar-refractivity contribution < 1.29 is 22.3 Å². The maximum Gasteiger partial charge on any atom is 0.218 e. The third kappa shape index (κ3) is 3.73. The normalized spacial score (nSPS) is 19.3. The fraction of sp³-hybridized carbons (Fsp3) is 0.350. The Hall–Kier alpha value is -1.77. The summed E-state index contributed by atoms with van der Waals surface area (Å²) >= 11 is 3.36. The lowest BCUT2D eigenvalue weighted by molar-refractivity contribution is 0.00587. The van der Waals surface area contributed by atoms with Crippen LogP contribution in [0.3, 0.4) is 0 Å². The van der Waals surface area contributed by atoms with Gasteiger partial charge in [-0.1, -0.05) is 34.1 Å². The Balaban J connectivity index is 1.48. The van der Waals surface area contributed by atoms with E-state index in [-0.39, 0.29) is 36.6 Å². The Labute approximate surface area is 171 Å². The smallest absolute Gasteiger partial charge is 0.218 e. The van der Waals surface area contributed by atoms with Gasteiger partial charge in [-0.3, -0.25) is 4.79 Å². The van der Waals surface area contributed by atoms with Crippen LogP contribution in [0.5, 0.6) is 5.75 Å². The first kappa shape index (κ1) is 19.5. The highest BCUT2D eigenvalue weighted by Gasteiger charge is 2.44. The van der Waals surface area contributed by atoms with E-state index in [9.17, 15) is 17.6 Å². The van der Waals surface area contributed by atoms with Gasteiger partial charge in [-0.15, -0.1) is 0 Å². The van der Waals surface area contributed by atoms with Crippen LogP contribution in [0, 0.1) is 5.82 Å². The summed E-state index contributed by atoms with van der Waals surface area (Å²) in [6.45, 7) is 0.492. The molecular formula is C20H19BrFNO4S. The molecule has 2 aromatic carbocycles. The topological polar surface area (TPSA) is 63.7 Å². The number of benzene rings is 2. The van der Waals surface area contributed by atoms with E-state index in [1.165, 1.54) is 22.5 Å². The second-order valence-electron chi connectivity index (χ2n) is 7.27. The fourth-order valence-corrected chi connectivity index (χ4v) is 5.73. The molecule has 2 aliphatic rings. The lowest BCUT2D eigenvalue weighted by atomic mass is 9.83. The van der Waals surface area contributed by atoms with Crippen LogP contribution in [-0.2, 0) is 15.8 Å². The highest BCUT2D eigenvalue weighted by Crippen LogP contribution is 2.40. The van der Waals surface area contributed by atoms with Crippen LogP contribution < -0.4 is 4.74 Å². The van der Waals surface area contributed by atoms with Crippen molar-refractivity contribution in [2.45, 2.75) is 30.6 Å². The lowest BCUT2D eigenvalue weighted by Crippen LogP contribution is -2.52. The molecule has 0 atom stereocenters. The first-order chi connectivity index (χ1) is 13.3. The number of fused-ring (bicyclic) bond motifs is 1. The summed E-state index contributed by atoms with van der Waals surface area (Å²) in [6.07, 6.45) is 1.08. The van der Waals surface area contributed by atoms with Crippen molar-refractivity contribution in [3.05, 3.63) is 63.9 Å². The van der Waals surface area contributed by atoms with Crippen LogP contribution in [0.2, 0.25) is 0 Å². The van der Waals surface area contributed by atoms with Gasteiger partial charge in [0.15, 0.2) is 5.78 Å². The van der Waals surface area contributed by atoms with Crippen LogP contribution in [0.25, 0.3) is 0 Å². The van der Waals surface area contributed by atoms with E-state index in [4.69, 9.17) is 4.74 Å². The molecule has 2 aliphatic heterocycles. The van der Waals surface area contributed by atoms with Crippen molar-refractivity contribution in [2.24, 2.45) is 0 Å². The number of hydrogen-bond donors (Lipinski definition) is 0. The second-order valence-corrected chi connectivity index (χ2v) is 10.2. The molecule has 2 aromatic rings. The predicted octanol–water partition coefficient (Wildman–Crippen LogP) is 3.92. The van der Waals surface area contributed by atoms with E-state index < -0.39 is 21.4 Å². The van der Waals surface area contributed by atoms with Gasteiger partial charge in [0.2, 0.25) is 10.0 Å². The van der Waals surface area contributed by atoms with Crippen LogP contribution in [0.4, 0.5) is 4.39 Å². The average molecular weight is 468 g/mol. The molecule has 0 bridgehead atoms. The molecule has 8 heteroatoms. The average Bonchev–Trinajstić information content (AvgIpc) is 2.65. The second kappa shape index (κ2) is 7.24. The standard InChI is InChI=1S/C20H19BrFNO4S/c21-15-5-6-19-16(11-15)18(24)12-20(27-19)7-9-23(10-8-20)28(25,26)13-14-3-1-2-4-17(14)22/h1-6,11H,7-10,12-13H2. The lowest BCUT2D eigenvalue weighted by Gasteiger charge is -2.43. The van der Waals surface area contributed by atoms with Crippen molar-refractivity contribution in [3.63, 3.8) is 0 Å². The molecule has 0 aliphatic carbocycles. The first-order valence-electron chi connectivity index (χ1n) is 9.01. The van der Waals surface area contributed by atoms with Gasteiger partial charge in [-0.2, -0.15) is 0 Å². The zero-order valence-electron chi connectivity index (χ0n) is 15.0. The maximum absolute atomic E-state index is 13.8. The Kier molecular flexibility index (Phi) is 5.05. The van der Waals surface area contributed by atoms with Crippen molar-refractivity contribution in [1.82, 2.24) is 4.31 Å². The van der Waals surface area contributed by atoms with Crippen LogP contribution >= 0.6 is 15.9 Å². The Bertz CT molecular complexity index is 1030. The molecule has 0 aromatic heterocycles. The van der Waals surface area contributed by atoms with E-state index >= 15 is 0 Å².